The molecule has 3 N–H and O–H groups in total. The number of alkyl halides is 1. The Bertz CT molecular complexity index is 328. The first kappa shape index (κ1) is 11.9. The average Bonchev–Trinajstić information content (AvgIpc) is 2.26. The summed E-state index contributed by atoms with van der Waals surface area (Å²) in [6, 6.07) is 5.00. The average molecular weight is 213 g/mol. The number of methoxy groups -OCH3 is 1. The summed E-state index contributed by atoms with van der Waals surface area (Å²) in [4.78, 5) is 0. The number of hydrogen-bond donors (Lipinski definition) is 2. The summed E-state index contributed by atoms with van der Waals surface area (Å²) in [5.41, 5.74) is 6.32. The van der Waals surface area contributed by atoms with Crippen LogP contribution >= 0.6 is 0 Å². The zero-order valence-electron chi connectivity index (χ0n) is 8.90. The third kappa shape index (κ3) is 2.46. The van der Waals surface area contributed by atoms with Gasteiger partial charge in [-0.25, -0.2) is 4.39 Å². The van der Waals surface area contributed by atoms with Gasteiger partial charge in [0.05, 0.1) is 13.2 Å². The highest BCUT2D eigenvalue weighted by atomic mass is 19.1. The van der Waals surface area contributed by atoms with Gasteiger partial charge in [0.2, 0.25) is 0 Å². The zero-order chi connectivity index (χ0) is 11.4. The number of para-hydroxylation sites is 1. The highest BCUT2D eigenvalue weighted by Gasteiger charge is 2.17. The van der Waals surface area contributed by atoms with Gasteiger partial charge in [-0.3, -0.25) is 0 Å². The molecule has 0 aromatic heterocycles. The molecule has 0 aliphatic carbocycles. The molecule has 0 heterocycles. The summed E-state index contributed by atoms with van der Waals surface area (Å²) in [6.45, 7) is 1.51. The summed E-state index contributed by atoms with van der Waals surface area (Å²) in [5, 5.41) is 9.62. The normalized spacial score (nSPS) is 14.7. The Labute approximate surface area is 88.7 Å². The van der Waals surface area contributed by atoms with E-state index < -0.39 is 12.3 Å². The zero-order valence-corrected chi connectivity index (χ0v) is 8.90. The van der Waals surface area contributed by atoms with E-state index in [-0.39, 0.29) is 6.54 Å². The monoisotopic (exact) mass is 213 g/mol. The van der Waals surface area contributed by atoms with E-state index in [9.17, 15) is 9.50 Å². The minimum Gasteiger partial charge on any atom is -0.496 e. The van der Waals surface area contributed by atoms with Gasteiger partial charge in [0.25, 0.3) is 0 Å². The molecule has 2 atom stereocenters. The molecule has 1 aromatic rings. The number of rotatable bonds is 4. The van der Waals surface area contributed by atoms with Crippen LogP contribution in [0.25, 0.3) is 0 Å². The van der Waals surface area contributed by atoms with Crippen molar-refractivity contribution < 1.29 is 14.2 Å². The molecule has 0 saturated heterocycles. The number of benzene rings is 1. The Morgan fingerprint density at radius 3 is 2.53 bits per heavy atom. The van der Waals surface area contributed by atoms with Crippen LogP contribution in [-0.2, 0) is 0 Å². The maximum Gasteiger partial charge on any atom is 0.130 e. The number of aliphatic hydroxyl groups excluding tert-OH is 1. The van der Waals surface area contributed by atoms with E-state index in [0.717, 1.165) is 0 Å². The van der Waals surface area contributed by atoms with Crippen molar-refractivity contribution in [3.63, 3.8) is 0 Å². The number of ether oxygens (including phenoxy) is 1. The molecule has 0 saturated carbocycles. The van der Waals surface area contributed by atoms with E-state index in [0.29, 0.717) is 16.9 Å². The predicted octanol–water partition coefficient (Wildman–Crippen LogP) is 1.72. The molecule has 0 aliphatic heterocycles. The van der Waals surface area contributed by atoms with Crippen LogP contribution in [0.1, 0.15) is 30.3 Å². The molecule has 4 heteroatoms. The van der Waals surface area contributed by atoms with Crippen molar-refractivity contribution in [2.45, 2.75) is 19.2 Å². The van der Waals surface area contributed by atoms with Crippen molar-refractivity contribution in [2.24, 2.45) is 5.73 Å². The van der Waals surface area contributed by atoms with E-state index in [2.05, 4.69) is 0 Å². The lowest BCUT2D eigenvalue weighted by atomic mass is 10.0. The van der Waals surface area contributed by atoms with Crippen LogP contribution in [0.4, 0.5) is 4.39 Å². The standard InChI is InChI=1S/C11H16FNO2/c1-7(12)8-4-3-5-9(10(14)6-13)11(8)15-2/h3-5,7,10,14H,6,13H2,1-2H3. The SMILES string of the molecule is COc1c(C(C)F)cccc1C(O)CN. The van der Waals surface area contributed by atoms with Crippen LogP contribution in [0, 0.1) is 0 Å². The van der Waals surface area contributed by atoms with Gasteiger partial charge in [0.1, 0.15) is 11.9 Å². The lowest BCUT2D eigenvalue weighted by Crippen LogP contribution is -2.13. The molecule has 0 spiro atoms. The lowest BCUT2D eigenvalue weighted by Gasteiger charge is -2.17. The van der Waals surface area contributed by atoms with Gasteiger partial charge in [0.15, 0.2) is 0 Å². The Balaban J connectivity index is 3.22. The van der Waals surface area contributed by atoms with Crippen LogP contribution in [0.5, 0.6) is 5.75 Å². The maximum absolute atomic E-state index is 13.2. The second-order valence-corrected chi connectivity index (χ2v) is 3.34. The van der Waals surface area contributed by atoms with Crippen LogP contribution in [0.15, 0.2) is 18.2 Å². The van der Waals surface area contributed by atoms with Gasteiger partial charge in [-0.15, -0.1) is 0 Å². The van der Waals surface area contributed by atoms with Crippen LogP contribution in [0.2, 0.25) is 0 Å². The van der Waals surface area contributed by atoms with Crippen LogP contribution in [0.3, 0.4) is 0 Å². The summed E-state index contributed by atoms with van der Waals surface area (Å²) in [5.74, 6) is 0.380. The van der Waals surface area contributed by atoms with Crippen molar-refractivity contribution in [3.05, 3.63) is 29.3 Å². The van der Waals surface area contributed by atoms with E-state index in [1.54, 1.807) is 18.2 Å². The molecule has 1 aromatic carbocycles. The number of aliphatic hydroxyl groups is 1. The first-order chi connectivity index (χ1) is 7.11. The van der Waals surface area contributed by atoms with Gasteiger partial charge in [-0.2, -0.15) is 0 Å². The Morgan fingerprint density at radius 1 is 1.47 bits per heavy atom. The molecule has 84 valence electrons. The maximum atomic E-state index is 13.2. The largest absolute Gasteiger partial charge is 0.496 e. The summed E-state index contributed by atoms with van der Waals surface area (Å²) in [7, 11) is 1.45. The molecule has 0 amide bonds. The quantitative estimate of drug-likeness (QED) is 0.800. The van der Waals surface area contributed by atoms with Crippen LogP contribution in [-0.4, -0.2) is 18.8 Å². The van der Waals surface area contributed by atoms with Gasteiger partial charge >= 0.3 is 0 Å². The molecule has 1 rings (SSSR count). The Morgan fingerprint density at radius 2 is 2.07 bits per heavy atom. The molecule has 0 bridgehead atoms. The minimum atomic E-state index is -1.13. The van der Waals surface area contributed by atoms with Gasteiger partial charge < -0.3 is 15.6 Å². The highest BCUT2D eigenvalue weighted by molar-refractivity contribution is 5.44. The number of hydrogen-bond acceptors (Lipinski definition) is 3. The van der Waals surface area contributed by atoms with E-state index >= 15 is 0 Å². The van der Waals surface area contributed by atoms with Gasteiger partial charge in [-0.05, 0) is 6.92 Å². The van der Waals surface area contributed by atoms with E-state index in [4.69, 9.17) is 10.5 Å². The molecule has 15 heavy (non-hydrogen) atoms. The highest BCUT2D eigenvalue weighted by Crippen LogP contribution is 2.33. The summed E-state index contributed by atoms with van der Waals surface area (Å²) >= 11 is 0. The predicted molar refractivity (Wildman–Crippen MR) is 56.5 cm³/mol. The molecule has 0 fully saturated rings. The Kier molecular flexibility index (Phi) is 4.05. The minimum absolute atomic E-state index is 0.0838. The topological polar surface area (TPSA) is 55.5 Å². The lowest BCUT2D eigenvalue weighted by molar-refractivity contribution is 0.181. The van der Waals surface area contributed by atoms with Crippen molar-refractivity contribution in [1.82, 2.24) is 0 Å². The van der Waals surface area contributed by atoms with Crippen molar-refractivity contribution >= 4 is 0 Å². The smallest absolute Gasteiger partial charge is 0.130 e. The fourth-order valence-electron chi connectivity index (χ4n) is 1.51. The summed E-state index contributed by atoms with van der Waals surface area (Å²) in [6.07, 6.45) is -1.96. The fraction of sp³-hybridized carbons (Fsp3) is 0.455. The van der Waals surface area contributed by atoms with Crippen LogP contribution < -0.4 is 10.5 Å². The third-order valence-electron chi connectivity index (χ3n) is 2.29. The number of halogens is 1. The van der Waals surface area contributed by atoms with E-state index in [1.165, 1.54) is 14.0 Å². The Hall–Kier alpha value is -1.13. The first-order valence-electron chi connectivity index (χ1n) is 4.80. The molecule has 2 unspecified atom stereocenters. The van der Waals surface area contributed by atoms with Crippen molar-refractivity contribution in [2.75, 3.05) is 13.7 Å². The third-order valence-corrected chi connectivity index (χ3v) is 2.29. The fourth-order valence-corrected chi connectivity index (χ4v) is 1.51. The molecular weight excluding hydrogens is 197 g/mol. The molecule has 3 nitrogen and oxygen atoms in total. The molecule has 0 radical (unpaired) electrons. The number of nitrogens with two attached hydrogens (primary N) is 1. The first-order valence-corrected chi connectivity index (χ1v) is 4.80. The molecule has 0 aliphatic rings. The van der Waals surface area contributed by atoms with Crippen molar-refractivity contribution in [3.8, 4) is 5.75 Å². The van der Waals surface area contributed by atoms with E-state index in [1.807, 2.05) is 0 Å². The van der Waals surface area contributed by atoms with Crippen molar-refractivity contribution in [1.29, 1.82) is 0 Å². The van der Waals surface area contributed by atoms with Gasteiger partial charge in [0, 0.05) is 17.7 Å². The second kappa shape index (κ2) is 5.09. The van der Waals surface area contributed by atoms with Gasteiger partial charge in [-0.1, -0.05) is 18.2 Å². The molecular formula is C11H16FNO2. The summed E-state index contributed by atoms with van der Waals surface area (Å²) < 4.78 is 18.3. The second-order valence-electron chi connectivity index (χ2n) is 3.34.